The molecule has 20 heavy (non-hydrogen) atoms. The van der Waals surface area contributed by atoms with E-state index in [1.54, 1.807) is 0 Å². The van der Waals surface area contributed by atoms with Crippen LogP contribution in [0.5, 0.6) is 0 Å². The van der Waals surface area contributed by atoms with E-state index in [0.717, 1.165) is 22.9 Å². The summed E-state index contributed by atoms with van der Waals surface area (Å²) in [6.45, 7) is 0. The normalized spacial score (nSPS) is 11.8. The van der Waals surface area contributed by atoms with Gasteiger partial charge in [0, 0.05) is 25.9 Å². The average molecular weight is 291 g/mol. The SMILES string of the molecule is CNc1c(F)cc(-c2nc(C(F)(F)F)cn2C)cc1F. The van der Waals surface area contributed by atoms with Crippen molar-refractivity contribution in [1.29, 1.82) is 0 Å². The Morgan fingerprint density at radius 3 is 2.10 bits per heavy atom. The topological polar surface area (TPSA) is 29.9 Å². The number of aryl methyl sites for hydroxylation is 1. The van der Waals surface area contributed by atoms with Gasteiger partial charge >= 0.3 is 6.18 Å². The number of imidazole rings is 1. The zero-order valence-electron chi connectivity index (χ0n) is 10.5. The molecule has 1 N–H and O–H groups in total. The molecule has 0 bridgehead atoms. The molecule has 0 aliphatic rings. The highest BCUT2D eigenvalue weighted by molar-refractivity contribution is 5.62. The first-order chi connectivity index (χ1) is 9.24. The molecule has 0 spiro atoms. The Morgan fingerprint density at radius 2 is 1.70 bits per heavy atom. The van der Waals surface area contributed by atoms with Crippen molar-refractivity contribution in [2.24, 2.45) is 7.05 Å². The van der Waals surface area contributed by atoms with E-state index in [9.17, 15) is 22.0 Å². The molecule has 0 aliphatic carbocycles. The van der Waals surface area contributed by atoms with Crippen molar-refractivity contribution >= 4 is 5.69 Å². The second kappa shape index (κ2) is 4.77. The largest absolute Gasteiger partial charge is 0.434 e. The zero-order chi connectivity index (χ0) is 15.1. The number of anilines is 1. The Kier molecular flexibility index (Phi) is 3.41. The van der Waals surface area contributed by atoms with Crippen LogP contribution in [0.3, 0.4) is 0 Å². The van der Waals surface area contributed by atoms with Crippen molar-refractivity contribution in [3.8, 4) is 11.4 Å². The van der Waals surface area contributed by atoms with Gasteiger partial charge in [-0.15, -0.1) is 0 Å². The summed E-state index contributed by atoms with van der Waals surface area (Å²) in [5.41, 5.74) is -1.54. The van der Waals surface area contributed by atoms with Crippen LogP contribution in [-0.4, -0.2) is 16.6 Å². The van der Waals surface area contributed by atoms with Gasteiger partial charge in [0.1, 0.15) is 23.1 Å². The number of rotatable bonds is 2. The molecular formula is C12H10F5N3. The summed E-state index contributed by atoms with van der Waals surface area (Å²) in [6, 6.07) is 1.86. The first-order valence-corrected chi connectivity index (χ1v) is 5.51. The Bertz CT molecular complexity index is 622. The van der Waals surface area contributed by atoms with Gasteiger partial charge in [-0.1, -0.05) is 0 Å². The summed E-state index contributed by atoms with van der Waals surface area (Å²) >= 11 is 0. The Labute approximate surface area is 111 Å². The van der Waals surface area contributed by atoms with E-state index in [2.05, 4.69) is 10.3 Å². The van der Waals surface area contributed by atoms with Gasteiger partial charge in [-0.25, -0.2) is 13.8 Å². The van der Waals surface area contributed by atoms with Crippen LogP contribution in [0.1, 0.15) is 5.69 Å². The molecule has 0 unspecified atom stereocenters. The minimum absolute atomic E-state index is 0.0722. The van der Waals surface area contributed by atoms with E-state index in [-0.39, 0.29) is 17.1 Å². The van der Waals surface area contributed by atoms with Crippen LogP contribution in [0.25, 0.3) is 11.4 Å². The van der Waals surface area contributed by atoms with E-state index >= 15 is 0 Å². The minimum Gasteiger partial charge on any atom is -0.383 e. The molecule has 1 aromatic carbocycles. The zero-order valence-corrected chi connectivity index (χ0v) is 10.5. The molecule has 0 amide bonds. The first-order valence-electron chi connectivity index (χ1n) is 5.51. The maximum absolute atomic E-state index is 13.6. The number of hydrogen-bond acceptors (Lipinski definition) is 2. The van der Waals surface area contributed by atoms with Crippen molar-refractivity contribution in [2.75, 3.05) is 12.4 Å². The van der Waals surface area contributed by atoms with Gasteiger partial charge in [-0.05, 0) is 12.1 Å². The molecule has 0 aliphatic heterocycles. The molecule has 0 saturated heterocycles. The summed E-state index contributed by atoms with van der Waals surface area (Å²) in [7, 11) is 2.66. The lowest BCUT2D eigenvalue weighted by Gasteiger charge is -2.07. The lowest BCUT2D eigenvalue weighted by molar-refractivity contribution is -0.140. The van der Waals surface area contributed by atoms with Crippen molar-refractivity contribution in [3.63, 3.8) is 0 Å². The maximum Gasteiger partial charge on any atom is 0.434 e. The van der Waals surface area contributed by atoms with Crippen LogP contribution in [-0.2, 0) is 13.2 Å². The number of alkyl halides is 3. The molecule has 108 valence electrons. The van der Waals surface area contributed by atoms with Gasteiger partial charge in [0.15, 0.2) is 5.69 Å². The third-order valence-electron chi connectivity index (χ3n) is 2.72. The molecule has 1 aromatic heterocycles. The Morgan fingerprint density at radius 1 is 1.15 bits per heavy atom. The predicted octanol–water partition coefficient (Wildman–Crippen LogP) is 3.43. The van der Waals surface area contributed by atoms with Crippen molar-refractivity contribution in [1.82, 2.24) is 9.55 Å². The van der Waals surface area contributed by atoms with Crippen molar-refractivity contribution in [2.45, 2.75) is 6.18 Å². The number of hydrogen-bond donors (Lipinski definition) is 1. The van der Waals surface area contributed by atoms with Crippen LogP contribution in [0.2, 0.25) is 0 Å². The Balaban J connectivity index is 2.55. The molecular weight excluding hydrogens is 281 g/mol. The molecule has 8 heteroatoms. The van der Waals surface area contributed by atoms with Gasteiger partial charge in [0.05, 0.1) is 0 Å². The maximum atomic E-state index is 13.6. The van der Waals surface area contributed by atoms with Crippen molar-refractivity contribution < 1.29 is 22.0 Å². The number of halogens is 5. The average Bonchev–Trinajstić information content (AvgIpc) is 2.70. The minimum atomic E-state index is -4.61. The second-order valence-electron chi connectivity index (χ2n) is 4.12. The molecule has 0 radical (unpaired) electrons. The molecule has 0 fully saturated rings. The fourth-order valence-corrected chi connectivity index (χ4v) is 1.81. The highest BCUT2D eigenvalue weighted by Gasteiger charge is 2.34. The molecule has 2 rings (SSSR count). The predicted molar refractivity (Wildman–Crippen MR) is 63.1 cm³/mol. The van der Waals surface area contributed by atoms with E-state index in [1.165, 1.54) is 14.1 Å². The highest BCUT2D eigenvalue weighted by Crippen LogP contribution is 2.32. The molecule has 1 heterocycles. The smallest absolute Gasteiger partial charge is 0.383 e. The lowest BCUT2D eigenvalue weighted by Crippen LogP contribution is -2.05. The van der Waals surface area contributed by atoms with Crippen LogP contribution >= 0.6 is 0 Å². The van der Waals surface area contributed by atoms with E-state index in [0.29, 0.717) is 0 Å². The number of benzene rings is 1. The summed E-state index contributed by atoms with van der Waals surface area (Å²) in [6.07, 6.45) is -3.85. The van der Waals surface area contributed by atoms with Crippen LogP contribution < -0.4 is 5.32 Å². The Hall–Kier alpha value is -2.12. The first kappa shape index (κ1) is 14.3. The standard InChI is InChI=1S/C12H10F5N3/c1-18-10-7(13)3-6(4-8(10)14)11-19-9(5-20(11)2)12(15,16)17/h3-5,18H,1-2H3. The molecule has 3 nitrogen and oxygen atoms in total. The fourth-order valence-electron chi connectivity index (χ4n) is 1.81. The van der Waals surface area contributed by atoms with E-state index in [4.69, 9.17) is 0 Å². The lowest BCUT2D eigenvalue weighted by atomic mass is 10.1. The third-order valence-corrected chi connectivity index (χ3v) is 2.72. The van der Waals surface area contributed by atoms with Gasteiger partial charge < -0.3 is 9.88 Å². The molecule has 0 saturated carbocycles. The van der Waals surface area contributed by atoms with Gasteiger partial charge in [0.25, 0.3) is 0 Å². The van der Waals surface area contributed by atoms with Crippen LogP contribution in [0, 0.1) is 11.6 Å². The summed E-state index contributed by atoms with van der Waals surface area (Å²) in [5.74, 6) is -1.98. The number of nitrogens with zero attached hydrogens (tertiary/aromatic N) is 2. The summed E-state index contributed by atoms with van der Waals surface area (Å²) in [4.78, 5) is 3.37. The van der Waals surface area contributed by atoms with E-state index in [1.807, 2.05) is 0 Å². The molecule has 0 atom stereocenters. The van der Waals surface area contributed by atoms with Gasteiger partial charge in [-0.3, -0.25) is 0 Å². The number of aromatic nitrogens is 2. The highest BCUT2D eigenvalue weighted by atomic mass is 19.4. The summed E-state index contributed by atoms with van der Waals surface area (Å²) in [5, 5.41) is 2.33. The third kappa shape index (κ3) is 2.45. The summed E-state index contributed by atoms with van der Waals surface area (Å²) < 4.78 is 65.9. The van der Waals surface area contributed by atoms with Gasteiger partial charge in [0.2, 0.25) is 0 Å². The van der Waals surface area contributed by atoms with E-state index < -0.39 is 23.5 Å². The number of nitrogens with one attached hydrogen (secondary N) is 1. The fraction of sp³-hybridized carbons (Fsp3) is 0.250. The van der Waals surface area contributed by atoms with Crippen LogP contribution in [0.15, 0.2) is 18.3 Å². The second-order valence-corrected chi connectivity index (χ2v) is 4.12. The molecule has 2 aromatic rings. The van der Waals surface area contributed by atoms with Crippen LogP contribution in [0.4, 0.5) is 27.6 Å². The quantitative estimate of drug-likeness (QED) is 0.859. The van der Waals surface area contributed by atoms with Crippen molar-refractivity contribution in [3.05, 3.63) is 35.7 Å². The van der Waals surface area contributed by atoms with Gasteiger partial charge in [-0.2, -0.15) is 13.2 Å². The monoisotopic (exact) mass is 291 g/mol.